The maximum absolute atomic E-state index is 5.75. The van der Waals surface area contributed by atoms with E-state index in [-0.39, 0.29) is 0 Å². The van der Waals surface area contributed by atoms with Gasteiger partial charge in [-0.05, 0) is 42.7 Å². The van der Waals surface area contributed by atoms with Crippen LogP contribution in [-0.2, 0) is 0 Å². The van der Waals surface area contributed by atoms with Gasteiger partial charge in [-0.25, -0.2) is 0 Å². The van der Waals surface area contributed by atoms with E-state index in [0.29, 0.717) is 11.8 Å². The van der Waals surface area contributed by atoms with Gasteiger partial charge in [0, 0.05) is 11.6 Å². The van der Waals surface area contributed by atoms with Crippen molar-refractivity contribution < 1.29 is 0 Å². The van der Waals surface area contributed by atoms with E-state index < -0.39 is 0 Å². The minimum Gasteiger partial charge on any atom is -0.404 e. The Morgan fingerprint density at radius 1 is 1.29 bits per heavy atom. The second kappa shape index (κ2) is 5.17. The highest BCUT2D eigenvalue weighted by atomic mass is 14.8. The van der Waals surface area contributed by atoms with E-state index in [1.54, 1.807) is 6.20 Å². The number of rotatable bonds is 4. The summed E-state index contributed by atoms with van der Waals surface area (Å²) in [4.78, 5) is 4.78. The van der Waals surface area contributed by atoms with Gasteiger partial charge >= 0.3 is 0 Å². The van der Waals surface area contributed by atoms with E-state index in [1.165, 1.54) is 24.1 Å². The molecule has 1 aliphatic rings. The molecule has 0 heterocycles. The fraction of sp³-hybridized carbons (Fsp3) is 0.400. The lowest BCUT2D eigenvalue weighted by molar-refractivity contribution is 0.792. The summed E-state index contributed by atoms with van der Waals surface area (Å²) in [5, 5.41) is 0. The second-order valence-corrected chi connectivity index (χ2v) is 4.88. The molecular weight excluding hydrogens is 208 g/mol. The largest absolute Gasteiger partial charge is 0.404 e. The van der Waals surface area contributed by atoms with Gasteiger partial charge in [-0.15, -0.1) is 0 Å². The lowest BCUT2D eigenvalue weighted by Gasteiger charge is -2.13. The van der Waals surface area contributed by atoms with Gasteiger partial charge in [-0.2, -0.15) is 0 Å². The molecule has 2 nitrogen and oxygen atoms in total. The van der Waals surface area contributed by atoms with Crippen molar-refractivity contribution in [3.8, 4) is 0 Å². The highest BCUT2D eigenvalue weighted by Crippen LogP contribution is 2.36. The summed E-state index contributed by atoms with van der Waals surface area (Å²) in [6.45, 7) is 4.34. The van der Waals surface area contributed by atoms with Crippen LogP contribution in [0.4, 0.5) is 5.69 Å². The number of para-hydroxylation sites is 1. The van der Waals surface area contributed by atoms with Gasteiger partial charge in [0.05, 0.1) is 5.69 Å². The van der Waals surface area contributed by atoms with E-state index in [0.717, 1.165) is 5.69 Å². The van der Waals surface area contributed by atoms with Crippen molar-refractivity contribution in [1.82, 2.24) is 0 Å². The van der Waals surface area contributed by atoms with Crippen LogP contribution in [-0.4, -0.2) is 5.71 Å². The normalized spacial score (nSPS) is 17.6. The molecule has 90 valence electrons. The van der Waals surface area contributed by atoms with Crippen molar-refractivity contribution in [2.24, 2.45) is 22.6 Å². The Hall–Kier alpha value is -1.57. The van der Waals surface area contributed by atoms with Gasteiger partial charge < -0.3 is 5.73 Å². The van der Waals surface area contributed by atoms with Crippen LogP contribution >= 0.6 is 0 Å². The molecule has 0 unspecified atom stereocenters. The quantitative estimate of drug-likeness (QED) is 0.784. The molecule has 2 rings (SSSR count). The number of benzene rings is 1. The Labute approximate surface area is 103 Å². The van der Waals surface area contributed by atoms with E-state index in [1.807, 2.05) is 30.3 Å². The molecule has 0 amide bonds. The molecule has 2 N–H and O–H groups in total. The van der Waals surface area contributed by atoms with E-state index in [2.05, 4.69) is 13.8 Å². The van der Waals surface area contributed by atoms with Gasteiger partial charge in [0.2, 0.25) is 0 Å². The van der Waals surface area contributed by atoms with Crippen molar-refractivity contribution in [3.05, 3.63) is 42.1 Å². The predicted octanol–water partition coefficient (Wildman–Crippen LogP) is 3.67. The Morgan fingerprint density at radius 3 is 2.41 bits per heavy atom. The van der Waals surface area contributed by atoms with Crippen LogP contribution in [0.5, 0.6) is 0 Å². The van der Waals surface area contributed by atoms with Crippen LogP contribution in [0.25, 0.3) is 0 Å². The van der Waals surface area contributed by atoms with Crippen molar-refractivity contribution in [3.63, 3.8) is 0 Å². The summed E-state index contributed by atoms with van der Waals surface area (Å²) < 4.78 is 0. The van der Waals surface area contributed by atoms with Gasteiger partial charge in [-0.1, -0.05) is 32.0 Å². The third-order valence-corrected chi connectivity index (χ3v) is 3.07. The third kappa shape index (κ3) is 2.96. The fourth-order valence-corrected chi connectivity index (χ4v) is 1.96. The molecule has 0 spiro atoms. The molecule has 2 heteroatoms. The molecule has 17 heavy (non-hydrogen) atoms. The highest BCUT2D eigenvalue weighted by Gasteiger charge is 2.30. The monoisotopic (exact) mass is 228 g/mol. The first-order valence-electron chi connectivity index (χ1n) is 6.28. The minimum absolute atomic E-state index is 0.433. The number of hydrogen-bond acceptors (Lipinski definition) is 2. The van der Waals surface area contributed by atoms with Gasteiger partial charge in [0.15, 0.2) is 0 Å². The summed E-state index contributed by atoms with van der Waals surface area (Å²) in [5.74, 6) is 1.05. The molecule has 1 fully saturated rings. The highest BCUT2D eigenvalue weighted by molar-refractivity contribution is 6.04. The van der Waals surface area contributed by atoms with Crippen LogP contribution in [0.2, 0.25) is 0 Å². The van der Waals surface area contributed by atoms with E-state index >= 15 is 0 Å². The summed E-state index contributed by atoms with van der Waals surface area (Å²) >= 11 is 0. The molecule has 0 aliphatic heterocycles. The van der Waals surface area contributed by atoms with Gasteiger partial charge in [-0.3, -0.25) is 4.99 Å². The van der Waals surface area contributed by atoms with Crippen LogP contribution in [0.3, 0.4) is 0 Å². The number of nitrogens with two attached hydrogens (primary N) is 1. The zero-order chi connectivity index (χ0) is 12.3. The van der Waals surface area contributed by atoms with Crippen molar-refractivity contribution in [2.45, 2.75) is 26.7 Å². The smallest absolute Gasteiger partial charge is 0.0633 e. The number of hydrogen-bond donors (Lipinski definition) is 1. The van der Waals surface area contributed by atoms with Crippen molar-refractivity contribution in [2.75, 3.05) is 0 Å². The average molecular weight is 228 g/mol. The molecule has 1 saturated carbocycles. The van der Waals surface area contributed by atoms with Crippen LogP contribution in [0.1, 0.15) is 26.7 Å². The van der Waals surface area contributed by atoms with Crippen LogP contribution in [0.15, 0.2) is 47.1 Å². The molecular formula is C15H20N2. The van der Waals surface area contributed by atoms with Crippen molar-refractivity contribution in [1.29, 1.82) is 0 Å². The average Bonchev–Trinajstić information content (AvgIpc) is 3.13. The van der Waals surface area contributed by atoms with E-state index in [4.69, 9.17) is 10.7 Å². The first-order valence-corrected chi connectivity index (χ1v) is 6.28. The van der Waals surface area contributed by atoms with Crippen LogP contribution < -0.4 is 5.73 Å². The molecule has 0 saturated heterocycles. The molecule has 0 bridgehead atoms. The Bertz CT molecular complexity index is 425. The zero-order valence-electron chi connectivity index (χ0n) is 10.6. The summed E-state index contributed by atoms with van der Waals surface area (Å²) in [7, 11) is 0. The van der Waals surface area contributed by atoms with Crippen LogP contribution in [0, 0.1) is 11.8 Å². The molecule has 0 aromatic heterocycles. The number of aliphatic imine (C=N–C) groups is 1. The standard InChI is InChI=1S/C15H20N2/c1-11(2)14(10-16)15(12-8-9-12)17-13-6-4-3-5-7-13/h3-7,10-12H,8-9,16H2,1-2H3/b14-10-,17-15?. The lowest BCUT2D eigenvalue weighted by atomic mass is 9.96. The molecule has 1 aromatic carbocycles. The van der Waals surface area contributed by atoms with Gasteiger partial charge in [0.25, 0.3) is 0 Å². The molecule has 1 aromatic rings. The topological polar surface area (TPSA) is 38.4 Å². The SMILES string of the molecule is CC(C)/C(=C/N)C(=Nc1ccccc1)C1CC1. The Morgan fingerprint density at radius 2 is 1.94 bits per heavy atom. The third-order valence-electron chi connectivity index (χ3n) is 3.07. The summed E-state index contributed by atoms with van der Waals surface area (Å²) in [6, 6.07) is 10.1. The first-order chi connectivity index (χ1) is 8.22. The predicted molar refractivity (Wildman–Crippen MR) is 73.4 cm³/mol. The first kappa shape index (κ1) is 11.9. The molecule has 1 aliphatic carbocycles. The lowest BCUT2D eigenvalue weighted by Crippen LogP contribution is -2.12. The fourth-order valence-electron chi connectivity index (χ4n) is 1.96. The van der Waals surface area contributed by atoms with E-state index in [9.17, 15) is 0 Å². The maximum Gasteiger partial charge on any atom is 0.0633 e. The summed E-state index contributed by atoms with van der Waals surface area (Å²) in [5.41, 5.74) is 9.15. The minimum atomic E-state index is 0.433. The number of allylic oxidation sites excluding steroid dienone is 1. The van der Waals surface area contributed by atoms with Crippen molar-refractivity contribution >= 4 is 11.4 Å². The zero-order valence-corrected chi connectivity index (χ0v) is 10.6. The number of nitrogens with zero attached hydrogens (tertiary/aromatic N) is 1. The molecule has 0 atom stereocenters. The molecule has 0 radical (unpaired) electrons. The summed E-state index contributed by atoms with van der Waals surface area (Å²) in [6.07, 6.45) is 4.22. The van der Waals surface area contributed by atoms with Gasteiger partial charge in [0.1, 0.15) is 0 Å². The maximum atomic E-state index is 5.75. The Balaban J connectivity index is 2.32. The second-order valence-electron chi connectivity index (χ2n) is 4.88. The Kier molecular flexibility index (Phi) is 3.62.